The van der Waals surface area contributed by atoms with Crippen molar-refractivity contribution in [2.24, 2.45) is 22.3 Å². The Bertz CT molecular complexity index is 2420. The second-order valence-electron chi connectivity index (χ2n) is 16.9. The normalized spacial score (nSPS) is 10.9. The predicted octanol–water partition coefficient (Wildman–Crippen LogP) is 6.24. The molecule has 0 aliphatic rings. The van der Waals surface area contributed by atoms with E-state index in [1.165, 1.54) is 16.0 Å². The van der Waals surface area contributed by atoms with Gasteiger partial charge in [0.25, 0.3) is 11.8 Å². The van der Waals surface area contributed by atoms with Crippen LogP contribution in [0.1, 0.15) is 116 Å². The summed E-state index contributed by atoms with van der Waals surface area (Å²) in [5, 5.41) is 3.84. The number of aryl methyl sites for hydroxylation is 4. The molecule has 0 atom stereocenters. The Kier molecular flexibility index (Phi) is 21.3. The molecule has 4 rings (SSSR count). The van der Waals surface area contributed by atoms with Gasteiger partial charge in [-0.3, -0.25) is 24.0 Å². The van der Waals surface area contributed by atoms with Crippen LogP contribution in [0.4, 0.5) is 4.79 Å². The highest BCUT2D eigenvalue weighted by atomic mass is 16.5. The van der Waals surface area contributed by atoms with Crippen LogP contribution < -0.4 is 32.1 Å². The number of methoxy groups -OCH3 is 2. The summed E-state index contributed by atoms with van der Waals surface area (Å²) in [5.41, 5.74) is 21.6. The van der Waals surface area contributed by atoms with Gasteiger partial charge in [0.1, 0.15) is 17.8 Å². The van der Waals surface area contributed by atoms with Gasteiger partial charge in [0.05, 0.1) is 51.1 Å². The van der Waals surface area contributed by atoms with E-state index in [1.54, 1.807) is 96.5 Å². The lowest BCUT2D eigenvalue weighted by molar-refractivity contribution is -0.117. The van der Waals surface area contributed by atoms with Crippen LogP contribution in [0.2, 0.25) is 0 Å². The number of primary amides is 2. The third-order valence-corrected chi connectivity index (χ3v) is 10.5. The molecule has 0 fully saturated rings. The molecule has 0 aliphatic heterocycles. The number of carbonyl (C=O) groups excluding carboxylic acids is 7. The van der Waals surface area contributed by atoms with Gasteiger partial charge in [0, 0.05) is 33.4 Å². The van der Waals surface area contributed by atoms with E-state index >= 15 is 0 Å². The number of nitrogens with zero attached hydrogens (tertiary/aromatic N) is 3. The molecule has 0 bridgehead atoms. The lowest BCUT2D eigenvalue weighted by atomic mass is 9.96. The molecular weight excluding hydrogens is 855 g/mol. The Morgan fingerprint density at radius 3 is 1.30 bits per heavy atom. The highest BCUT2D eigenvalue weighted by Gasteiger charge is 2.35. The number of amides is 5. The quantitative estimate of drug-likeness (QED) is 0.0379. The minimum Gasteiger partial charge on any atom is -0.496 e. The second kappa shape index (κ2) is 25.5. The molecule has 4 aromatic carbocycles. The van der Waals surface area contributed by atoms with Gasteiger partial charge in [-0.15, -0.1) is 0 Å². The van der Waals surface area contributed by atoms with E-state index in [-0.39, 0.29) is 43.0 Å². The first-order valence-electron chi connectivity index (χ1n) is 21.6. The standard InChI is InChI=1S/C25H32N4O4.C24H29NO4.C2H6N2O/c1-7-19-20(9-8-10-22(19)33-6)21(30)14-29(25(4,5)15-27-28-24(26)32)23(31)18-12-16(2)11-17(3)13-18;1-7-19-20(9-8-10-22(19)29-6)21(27)14-25(24(4,5)15-26)23(28)18-12-16(2)11-17(3)13-18;3-1-2(4)5/h8-13,15H,7,14H2,1-6H3,(H3,26,28,32);8-13,15H,7,14H2,1-6H3;1,3H2,(H2,4,5)/b27-15+;;. The van der Waals surface area contributed by atoms with Crippen molar-refractivity contribution in [1.29, 1.82) is 0 Å². The fourth-order valence-electron chi connectivity index (χ4n) is 7.19. The number of nitrogens with one attached hydrogen (secondary N) is 1. The lowest BCUT2D eigenvalue weighted by Crippen LogP contribution is -2.51. The van der Waals surface area contributed by atoms with Gasteiger partial charge in [0.15, 0.2) is 11.6 Å². The first-order valence-corrected chi connectivity index (χ1v) is 21.6. The lowest BCUT2D eigenvalue weighted by Gasteiger charge is -2.35. The minimum atomic E-state index is -1.13. The van der Waals surface area contributed by atoms with Crippen molar-refractivity contribution in [1.82, 2.24) is 15.2 Å². The molecular formula is C51H67N7O9. The zero-order valence-corrected chi connectivity index (χ0v) is 40.9. The summed E-state index contributed by atoms with van der Waals surface area (Å²) in [7, 11) is 3.12. The Hall–Kier alpha value is -7.20. The molecule has 0 spiro atoms. The second-order valence-corrected chi connectivity index (χ2v) is 16.9. The Balaban J connectivity index is 0.000000420. The number of carbonyl (C=O) groups is 7. The third kappa shape index (κ3) is 16.0. The molecule has 0 radical (unpaired) electrons. The maximum atomic E-state index is 13.6. The van der Waals surface area contributed by atoms with E-state index in [2.05, 4.69) is 16.3 Å². The number of ketones is 2. The van der Waals surface area contributed by atoms with Crippen molar-refractivity contribution in [2.75, 3.05) is 33.9 Å². The summed E-state index contributed by atoms with van der Waals surface area (Å²) in [5.74, 6) is -0.330. The van der Waals surface area contributed by atoms with Crippen LogP contribution in [0.3, 0.4) is 0 Å². The molecule has 5 amide bonds. The molecule has 0 unspecified atom stereocenters. The zero-order chi connectivity index (χ0) is 50.8. The van der Waals surface area contributed by atoms with Gasteiger partial charge in [-0.25, -0.2) is 10.2 Å². The van der Waals surface area contributed by atoms with Crippen molar-refractivity contribution >= 4 is 47.8 Å². The first kappa shape index (κ1) is 55.9. The number of hydrogen-bond acceptors (Lipinski definition) is 11. The molecule has 0 saturated heterocycles. The summed E-state index contributed by atoms with van der Waals surface area (Å²) >= 11 is 0. The number of urea groups is 1. The van der Waals surface area contributed by atoms with Gasteiger partial charge in [-0.1, -0.05) is 72.5 Å². The maximum absolute atomic E-state index is 13.6. The molecule has 0 saturated carbocycles. The SMILES string of the molecule is CCc1c(OC)cccc1C(=O)CN(C(=O)c1cc(C)cc(C)c1)C(C)(C)/C=N/NC(N)=O.CCc1c(OC)cccc1C(=O)CN(C(=O)c1cc(C)cc(C)c1)C(C)(C)C=O.NCC(N)=O. The number of ether oxygens (including phenoxy) is 2. The van der Waals surface area contributed by atoms with Gasteiger partial charge in [-0.05, 0) is 105 Å². The number of rotatable bonds is 18. The van der Waals surface area contributed by atoms with Crippen LogP contribution in [0, 0.1) is 27.7 Å². The highest BCUT2D eigenvalue weighted by Crippen LogP contribution is 2.27. The Morgan fingerprint density at radius 2 is 1.00 bits per heavy atom. The number of hydrogen-bond donors (Lipinski definition) is 4. The van der Waals surface area contributed by atoms with E-state index in [4.69, 9.17) is 20.9 Å². The number of aldehydes is 1. The van der Waals surface area contributed by atoms with E-state index in [9.17, 15) is 33.6 Å². The summed E-state index contributed by atoms with van der Waals surface area (Å²) in [6, 6.07) is 20.8. The predicted molar refractivity (Wildman–Crippen MR) is 261 cm³/mol. The van der Waals surface area contributed by atoms with Crippen molar-refractivity contribution in [3.05, 3.63) is 128 Å². The average Bonchev–Trinajstić information content (AvgIpc) is 3.27. The van der Waals surface area contributed by atoms with Crippen LogP contribution >= 0.6 is 0 Å². The monoisotopic (exact) mass is 922 g/mol. The number of Topliss-reactive ketones (excluding diaryl/α,β-unsaturated/α-hetero) is 2. The van der Waals surface area contributed by atoms with Crippen molar-refractivity contribution < 1.29 is 43.0 Å². The Labute approximate surface area is 394 Å². The summed E-state index contributed by atoms with van der Waals surface area (Å²) in [6.07, 6.45) is 3.31. The minimum absolute atomic E-state index is 0.0556. The highest BCUT2D eigenvalue weighted by molar-refractivity contribution is 6.06. The van der Waals surface area contributed by atoms with Gasteiger partial charge >= 0.3 is 6.03 Å². The summed E-state index contributed by atoms with van der Waals surface area (Å²) in [4.78, 5) is 88.5. The molecule has 0 aromatic heterocycles. The number of hydrazone groups is 1. The zero-order valence-electron chi connectivity index (χ0n) is 40.9. The van der Waals surface area contributed by atoms with Crippen molar-refractivity contribution in [3.8, 4) is 11.5 Å². The van der Waals surface area contributed by atoms with Crippen LogP contribution in [-0.4, -0.2) is 103 Å². The Morgan fingerprint density at radius 1 is 0.642 bits per heavy atom. The van der Waals surface area contributed by atoms with Gasteiger partial charge in [0.2, 0.25) is 5.91 Å². The molecule has 7 N–H and O–H groups in total. The van der Waals surface area contributed by atoms with Crippen molar-refractivity contribution in [3.63, 3.8) is 0 Å². The molecule has 4 aromatic rings. The topological polar surface area (TPSA) is 247 Å². The molecule has 67 heavy (non-hydrogen) atoms. The number of benzene rings is 4. The van der Waals surface area contributed by atoms with E-state index in [0.717, 1.165) is 33.4 Å². The van der Waals surface area contributed by atoms with Gasteiger partial charge < -0.3 is 41.3 Å². The summed E-state index contributed by atoms with van der Waals surface area (Å²) in [6.45, 7) is 17.8. The first-order chi connectivity index (χ1) is 31.4. The molecule has 0 aliphatic carbocycles. The smallest absolute Gasteiger partial charge is 0.332 e. The molecule has 0 heterocycles. The van der Waals surface area contributed by atoms with E-state index in [1.807, 2.05) is 59.7 Å². The van der Waals surface area contributed by atoms with E-state index < -0.39 is 23.0 Å². The van der Waals surface area contributed by atoms with Crippen molar-refractivity contribution in [2.45, 2.75) is 93.2 Å². The van der Waals surface area contributed by atoms with Crippen LogP contribution in [-0.2, 0) is 22.4 Å². The van der Waals surface area contributed by atoms with Crippen LogP contribution in [0.25, 0.3) is 0 Å². The van der Waals surface area contributed by atoms with Crippen LogP contribution in [0.15, 0.2) is 77.9 Å². The molecule has 16 heteroatoms. The molecule has 16 nitrogen and oxygen atoms in total. The average molecular weight is 922 g/mol. The van der Waals surface area contributed by atoms with E-state index in [0.29, 0.717) is 52.9 Å². The maximum Gasteiger partial charge on any atom is 0.332 e. The third-order valence-electron chi connectivity index (χ3n) is 10.5. The fourth-order valence-corrected chi connectivity index (χ4v) is 7.19. The van der Waals surface area contributed by atoms with Gasteiger partial charge in [-0.2, -0.15) is 5.10 Å². The largest absolute Gasteiger partial charge is 0.496 e. The fraction of sp³-hybridized carbons (Fsp3) is 0.373. The number of nitrogens with two attached hydrogens (primary N) is 3. The summed E-state index contributed by atoms with van der Waals surface area (Å²) < 4.78 is 10.8. The van der Waals surface area contributed by atoms with Crippen LogP contribution in [0.5, 0.6) is 11.5 Å². The molecule has 360 valence electrons.